The van der Waals surface area contributed by atoms with E-state index in [-0.39, 0.29) is 25.0 Å². The first kappa shape index (κ1) is 18.2. The van der Waals surface area contributed by atoms with Gasteiger partial charge in [0.15, 0.2) is 0 Å². The average Bonchev–Trinajstić information content (AvgIpc) is 2.61. The lowest BCUT2D eigenvalue weighted by Crippen LogP contribution is -2.26. The van der Waals surface area contributed by atoms with Crippen molar-refractivity contribution < 1.29 is 14.6 Å². The zero-order valence-electron chi connectivity index (χ0n) is 14.1. The van der Waals surface area contributed by atoms with Crippen molar-refractivity contribution in [3.05, 3.63) is 71.3 Å². The van der Waals surface area contributed by atoms with Crippen molar-refractivity contribution in [1.82, 2.24) is 5.32 Å². The van der Waals surface area contributed by atoms with Gasteiger partial charge < -0.3 is 15.2 Å². The van der Waals surface area contributed by atoms with E-state index in [1.807, 2.05) is 42.5 Å². The van der Waals surface area contributed by atoms with Crippen LogP contribution in [-0.4, -0.2) is 30.8 Å². The summed E-state index contributed by atoms with van der Waals surface area (Å²) in [7, 11) is 0. The van der Waals surface area contributed by atoms with Gasteiger partial charge in [0.1, 0.15) is 0 Å². The number of nitrogens with one attached hydrogen (secondary N) is 1. The molecule has 2 aromatic rings. The van der Waals surface area contributed by atoms with E-state index in [4.69, 9.17) is 4.74 Å². The van der Waals surface area contributed by atoms with E-state index < -0.39 is 0 Å². The number of benzene rings is 2. The molecule has 0 aliphatic carbocycles. The fourth-order valence-corrected chi connectivity index (χ4v) is 2.57. The number of aliphatic hydroxyl groups excluding tert-OH is 1. The van der Waals surface area contributed by atoms with Crippen molar-refractivity contribution in [3.63, 3.8) is 0 Å². The Balaban J connectivity index is 1.86. The molecular weight excluding hydrogens is 302 g/mol. The third-order valence-corrected chi connectivity index (χ3v) is 3.87. The van der Waals surface area contributed by atoms with Crippen molar-refractivity contribution in [2.75, 3.05) is 19.8 Å². The summed E-state index contributed by atoms with van der Waals surface area (Å²) < 4.78 is 4.95. The molecule has 1 unspecified atom stereocenters. The first-order valence-corrected chi connectivity index (χ1v) is 8.35. The van der Waals surface area contributed by atoms with Gasteiger partial charge >= 0.3 is 5.97 Å². The fourth-order valence-electron chi connectivity index (χ4n) is 2.57. The van der Waals surface area contributed by atoms with Gasteiger partial charge in [0, 0.05) is 0 Å². The molecule has 4 heteroatoms. The predicted octanol–water partition coefficient (Wildman–Crippen LogP) is 2.66. The zero-order chi connectivity index (χ0) is 17.2. The van der Waals surface area contributed by atoms with Gasteiger partial charge in [-0.1, -0.05) is 54.6 Å². The molecule has 128 valence electrons. The first-order valence-electron chi connectivity index (χ1n) is 8.35. The van der Waals surface area contributed by atoms with Crippen LogP contribution in [0.2, 0.25) is 0 Å². The van der Waals surface area contributed by atoms with Crippen LogP contribution in [0.1, 0.15) is 29.7 Å². The van der Waals surface area contributed by atoms with Gasteiger partial charge in [-0.15, -0.1) is 0 Å². The van der Waals surface area contributed by atoms with E-state index in [1.54, 1.807) is 6.92 Å². The highest BCUT2D eigenvalue weighted by atomic mass is 16.5. The van der Waals surface area contributed by atoms with E-state index in [1.165, 1.54) is 5.56 Å². The summed E-state index contributed by atoms with van der Waals surface area (Å²) in [6, 6.07) is 17.9. The van der Waals surface area contributed by atoms with Crippen LogP contribution in [0.4, 0.5) is 0 Å². The van der Waals surface area contributed by atoms with Gasteiger partial charge in [-0.3, -0.25) is 4.79 Å². The topological polar surface area (TPSA) is 58.6 Å². The van der Waals surface area contributed by atoms with E-state index in [0.29, 0.717) is 6.61 Å². The predicted molar refractivity (Wildman–Crippen MR) is 94.8 cm³/mol. The Morgan fingerprint density at radius 3 is 2.42 bits per heavy atom. The molecule has 0 aromatic heterocycles. The molecule has 0 heterocycles. The Morgan fingerprint density at radius 1 is 1.08 bits per heavy atom. The SMILES string of the molecule is CCOC(=O)Cc1ccc(C(CO)NCCc2ccccc2)cc1. The van der Waals surface area contributed by atoms with Crippen LogP contribution in [0.5, 0.6) is 0 Å². The molecule has 2 rings (SSSR count). The van der Waals surface area contributed by atoms with E-state index in [0.717, 1.165) is 24.1 Å². The maximum Gasteiger partial charge on any atom is 0.310 e. The molecule has 0 fully saturated rings. The number of carbonyl (C=O) groups is 1. The van der Waals surface area contributed by atoms with Crippen LogP contribution in [-0.2, 0) is 22.4 Å². The minimum Gasteiger partial charge on any atom is -0.466 e. The molecule has 0 saturated heterocycles. The minimum atomic E-state index is -0.218. The van der Waals surface area contributed by atoms with Crippen molar-refractivity contribution >= 4 is 5.97 Å². The van der Waals surface area contributed by atoms with Gasteiger partial charge in [0.2, 0.25) is 0 Å². The number of ether oxygens (including phenoxy) is 1. The maximum atomic E-state index is 11.5. The van der Waals surface area contributed by atoms with E-state index in [2.05, 4.69) is 17.4 Å². The summed E-state index contributed by atoms with van der Waals surface area (Å²) in [6.07, 6.45) is 1.19. The van der Waals surface area contributed by atoms with Gasteiger partial charge in [0.05, 0.1) is 25.7 Å². The molecule has 2 N–H and O–H groups in total. The lowest BCUT2D eigenvalue weighted by atomic mass is 10.0. The summed E-state index contributed by atoms with van der Waals surface area (Å²) in [5.74, 6) is -0.218. The molecule has 0 bridgehead atoms. The molecule has 0 aliphatic rings. The summed E-state index contributed by atoms with van der Waals surface area (Å²) >= 11 is 0. The van der Waals surface area contributed by atoms with Crippen molar-refractivity contribution in [2.45, 2.75) is 25.8 Å². The Morgan fingerprint density at radius 2 is 1.79 bits per heavy atom. The summed E-state index contributed by atoms with van der Waals surface area (Å²) in [5, 5.41) is 13.0. The Labute approximate surface area is 143 Å². The fraction of sp³-hybridized carbons (Fsp3) is 0.350. The highest BCUT2D eigenvalue weighted by Gasteiger charge is 2.10. The van der Waals surface area contributed by atoms with Crippen LogP contribution < -0.4 is 5.32 Å². The van der Waals surface area contributed by atoms with Crippen molar-refractivity contribution in [2.24, 2.45) is 0 Å². The van der Waals surface area contributed by atoms with Crippen LogP contribution in [0, 0.1) is 0 Å². The van der Waals surface area contributed by atoms with E-state index in [9.17, 15) is 9.90 Å². The number of aliphatic hydroxyl groups is 1. The van der Waals surface area contributed by atoms with Gasteiger partial charge in [0.25, 0.3) is 0 Å². The number of esters is 1. The van der Waals surface area contributed by atoms with Crippen LogP contribution >= 0.6 is 0 Å². The highest BCUT2D eigenvalue weighted by molar-refractivity contribution is 5.72. The molecule has 0 aliphatic heterocycles. The summed E-state index contributed by atoms with van der Waals surface area (Å²) in [4.78, 5) is 11.5. The second kappa shape index (κ2) is 9.85. The molecule has 0 saturated carbocycles. The molecule has 1 atom stereocenters. The largest absolute Gasteiger partial charge is 0.466 e. The standard InChI is InChI=1S/C20H25NO3/c1-2-24-20(23)14-17-8-10-18(11-9-17)19(15-22)21-13-12-16-6-4-3-5-7-16/h3-11,19,21-22H,2,12-15H2,1H3. The van der Waals surface area contributed by atoms with Crippen LogP contribution in [0.15, 0.2) is 54.6 Å². The average molecular weight is 327 g/mol. The first-order chi connectivity index (χ1) is 11.7. The smallest absolute Gasteiger partial charge is 0.310 e. The van der Waals surface area contributed by atoms with Crippen molar-refractivity contribution in [1.29, 1.82) is 0 Å². The minimum absolute atomic E-state index is 0.0337. The van der Waals surface area contributed by atoms with Gasteiger partial charge in [-0.2, -0.15) is 0 Å². The number of hydrogen-bond acceptors (Lipinski definition) is 4. The molecule has 0 radical (unpaired) electrons. The number of carbonyl (C=O) groups excluding carboxylic acids is 1. The van der Waals surface area contributed by atoms with Gasteiger partial charge in [-0.25, -0.2) is 0 Å². The highest BCUT2D eigenvalue weighted by Crippen LogP contribution is 2.14. The molecule has 0 spiro atoms. The summed E-state index contributed by atoms with van der Waals surface area (Å²) in [5.41, 5.74) is 3.20. The quantitative estimate of drug-likeness (QED) is 0.695. The molecule has 0 amide bonds. The lowest BCUT2D eigenvalue weighted by molar-refractivity contribution is -0.142. The molecular formula is C20H25NO3. The third-order valence-electron chi connectivity index (χ3n) is 3.87. The normalized spacial score (nSPS) is 11.9. The Kier molecular flexibility index (Phi) is 7.46. The van der Waals surface area contributed by atoms with Crippen LogP contribution in [0.3, 0.4) is 0 Å². The zero-order valence-corrected chi connectivity index (χ0v) is 14.1. The second-order valence-electron chi connectivity index (χ2n) is 5.65. The number of rotatable bonds is 9. The lowest BCUT2D eigenvalue weighted by Gasteiger charge is -2.17. The van der Waals surface area contributed by atoms with Gasteiger partial charge in [-0.05, 0) is 36.6 Å². The third kappa shape index (κ3) is 5.80. The maximum absolute atomic E-state index is 11.5. The second-order valence-corrected chi connectivity index (χ2v) is 5.65. The molecule has 4 nitrogen and oxygen atoms in total. The Bertz CT molecular complexity index is 611. The molecule has 24 heavy (non-hydrogen) atoms. The summed E-state index contributed by atoms with van der Waals surface area (Å²) in [6.45, 7) is 3.02. The Hall–Kier alpha value is -2.17. The monoisotopic (exact) mass is 327 g/mol. The van der Waals surface area contributed by atoms with Crippen LogP contribution in [0.25, 0.3) is 0 Å². The van der Waals surface area contributed by atoms with E-state index >= 15 is 0 Å². The number of hydrogen-bond donors (Lipinski definition) is 2. The van der Waals surface area contributed by atoms with Crippen molar-refractivity contribution in [3.8, 4) is 0 Å². The molecule has 2 aromatic carbocycles.